The lowest BCUT2D eigenvalue weighted by molar-refractivity contribution is 0.0753. The van der Waals surface area contributed by atoms with Gasteiger partial charge in [-0.25, -0.2) is 18.5 Å². The van der Waals surface area contributed by atoms with Crippen LogP contribution >= 0.6 is 0 Å². The van der Waals surface area contributed by atoms with E-state index in [1.807, 2.05) is 24.0 Å². The lowest BCUT2D eigenvalue weighted by Crippen LogP contribution is -2.51. The van der Waals surface area contributed by atoms with Crippen molar-refractivity contribution in [2.24, 2.45) is 12.2 Å². The van der Waals surface area contributed by atoms with Crippen LogP contribution in [0.3, 0.4) is 0 Å². The maximum atomic E-state index is 10.9. The molecule has 1 aromatic rings. The molecule has 2 N–H and O–H groups in total. The van der Waals surface area contributed by atoms with Crippen molar-refractivity contribution < 1.29 is 8.42 Å². The number of nitrogens with zero attached hydrogens (tertiary/aromatic N) is 4. The van der Waals surface area contributed by atoms with Crippen molar-refractivity contribution >= 4 is 10.0 Å². The Labute approximate surface area is 126 Å². The molecule has 2 heterocycles. The molecule has 0 spiro atoms. The van der Waals surface area contributed by atoms with Gasteiger partial charge in [-0.3, -0.25) is 4.90 Å². The highest BCUT2D eigenvalue weighted by Gasteiger charge is 2.24. The minimum atomic E-state index is -3.34. The predicted molar refractivity (Wildman–Crippen MR) is 82.1 cm³/mol. The molecule has 0 saturated carbocycles. The van der Waals surface area contributed by atoms with Gasteiger partial charge in [-0.15, -0.1) is 0 Å². The number of imidazole rings is 1. The molecule has 0 aliphatic carbocycles. The van der Waals surface area contributed by atoms with Crippen LogP contribution in [0, 0.1) is 0 Å². The Bertz CT molecular complexity index is 557. The summed E-state index contributed by atoms with van der Waals surface area (Å²) in [4.78, 5) is 9.09. The van der Waals surface area contributed by atoms with Crippen molar-refractivity contribution in [3.63, 3.8) is 0 Å². The van der Waals surface area contributed by atoms with E-state index >= 15 is 0 Å². The van der Waals surface area contributed by atoms with Crippen LogP contribution in [0.1, 0.15) is 19.2 Å². The Morgan fingerprint density at radius 3 is 2.76 bits per heavy atom. The first-order valence-corrected chi connectivity index (χ1v) is 9.00. The topological polar surface area (TPSA) is 84.5 Å². The standard InChI is InChI=1S/C13H25N5O2S/c1-12-10-17(5-3-9-21(14,19)20)7-8-18(12)11-13-15-4-6-16(13)2/h4,6,12H,3,5,7-11H2,1-2H3,(H2,14,19,20). The van der Waals surface area contributed by atoms with Gasteiger partial charge in [0, 0.05) is 45.1 Å². The summed E-state index contributed by atoms with van der Waals surface area (Å²) in [5.74, 6) is 1.14. The summed E-state index contributed by atoms with van der Waals surface area (Å²) in [5.41, 5.74) is 0. The number of hydrogen-bond donors (Lipinski definition) is 1. The first-order chi connectivity index (χ1) is 9.85. The van der Waals surface area contributed by atoms with Crippen LogP contribution in [-0.2, 0) is 23.6 Å². The zero-order valence-corrected chi connectivity index (χ0v) is 13.6. The molecule has 7 nitrogen and oxygen atoms in total. The van der Waals surface area contributed by atoms with Crippen molar-refractivity contribution in [2.45, 2.75) is 25.9 Å². The van der Waals surface area contributed by atoms with Crippen molar-refractivity contribution in [1.82, 2.24) is 19.4 Å². The molecule has 0 radical (unpaired) electrons. The van der Waals surface area contributed by atoms with Crippen LogP contribution < -0.4 is 5.14 Å². The van der Waals surface area contributed by atoms with E-state index in [0.717, 1.165) is 38.5 Å². The van der Waals surface area contributed by atoms with Gasteiger partial charge in [0.15, 0.2) is 0 Å². The average Bonchev–Trinajstić information content (AvgIpc) is 2.77. The minimum Gasteiger partial charge on any atom is -0.337 e. The maximum absolute atomic E-state index is 10.9. The summed E-state index contributed by atoms with van der Waals surface area (Å²) in [7, 11) is -1.33. The SMILES string of the molecule is CC1CN(CCCS(N)(=O)=O)CCN1Cc1nccn1C. The predicted octanol–water partition coefficient (Wildman–Crippen LogP) is -0.395. The fourth-order valence-electron chi connectivity index (χ4n) is 2.73. The zero-order chi connectivity index (χ0) is 15.5. The minimum absolute atomic E-state index is 0.0644. The number of sulfonamides is 1. The summed E-state index contributed by atoms with van der Waals surface area (Å²) in [5, 5.41) is 5.03. The number of primary sulfonamides is 1. The highest BCUT2D eigenvalue weighted by atomic mass is 32.2. The molecule has 1 unspecified atom stereocenters. The summed E-state index contributed by atoms with van der Waals surface area (Å²) < 4.78 is 23.9. The van der Waals surface area contributed by atoms with Gasteiger partial charge in [-0.05, 0) is 19.9 Å². The summed E-state index contributed by atoms with van der Waals surface area (Å²) in [6, 6.07) is 0.435. The number of aromatic nitrogens is 2. The van der Waals surface area contributed by atoms with Gasteiger partial charge < -0.3 is 9.47 Å². The van der Waals surface area contributed by atoms with Crippen LogP contribution in [0.25, 0.3) is 0 Å². The van der Waals surface area contributed by atoms with E-state index in [2.05, 4.69) is 21.7 Å². The fourth-order valence-corrected chi connectivity index (χ4v) is 3.26. The Balaban J connectivity index is 1.78. The van der Waals surface area contributed by atoms with Gasteiger partial charge >= 0.3 is 0 Å². The Kier molecular flexibility index (Phi) is 5.37. The Hall–Kier alpha value is -0.960. The number of rotatable bonds is 6. The van der Waals surface area contributed by atoms with E-state index in [1.165, 1.54) is 0 Å². The smallest absolute Gasteiger partial charge is 0.209 e. The van der Waals surface area contributed by atoms with Gasteiger partial charge in [0.2, 0.25) is 10.0 Å². The highest BCUT2D eigenvalue weighted by Crippen LogP contribution is 2.13. The molecule has 1 aromatic heterocycles. The Morgan fingerprint density at radius 2 is 2.19 bits per heavy atom. The number of aryl methyl sites for hydroxylation is 1. The number of hydrogen-bond acceptors (Lipinski definition) is 5. The monoisotopic (exact) mass is 315 g/mol. The number of nitrogens with two attached hydrogens (primary N) is 1. The third-order valence-electron chi connectivity index (χ3n) is 4.02. The van der Waals surface area contributed by atoms with Crippen molar-refractivity contribution in [3.05, 3.63) is 18.2 Å². The molecule has 120 valence electrons. The van der Waals surface area contributed by atoms with Crippen LogP contribution in [-0.4, -0.2) is 65.7 Å². The fraction of sp³-hybridized carbons (Fsp3) is 0.769. The molecule has 0 bridgehead atoms. The second-order valence-electron chi connectivity index (χ2n) is 5.80. The van der Waals surface area contributed by atoms with E-state index in [-0.39, 0.29) is 5.75 Å². The van der Waals surface area contributed by atoms with Gasteiger partial charge in [-0.1, -0.05) is 0 Å². The van der Waals surface area contributed by atoms with Gasteiger partial charge in [0.05, 0.1) is 12.3 Å². The summed E-state index contributed by atoms with van der Waals surface area (Å²) >= 11 is 0. The van der Waals surface area contributed by atoms with Crippen LogP contribution in [0.5, 0.6) is 0 Å². The normalized spacial score (nSPS) is 21.8. The van der Waals surface area contributed by atoms with E-state index in [1.54, 1.807) is 0 Å². The molecule has 2 rings (SSSR count). The largest absolute Gasteiger partial charge is 0.337 e. The van der Waals surface area contributed by atoms with E-state index < -0.39 is 10.0 Å². The molecule has 21 heavy (non-hydrogen) atoms. The van der Waals surface area contributed by atoms with Crippen LogP contribution in [0.2, 0.25) is 0 Å². The Morgan fingerprint density at radius 1 is 1.43 bits per heavy atom. The number of piperazine rings is 1. The quantitative estimate of drug-likeness (QED) is 0.772. The van der Waals surface area contributed by atoms with Gasteiger partial charge in [-0.2, -0.15) is 0 Å². The highest BCUT2D eigenvalue weighted by molar-refractivity contribution is 7.89. The lowest BCUT2D eigenvalue weighted by atomic mass is 10.2. The van der Waals surface area contributed by atoms with Crippen molar-refractivity contribution in [1.29, 1.82) is 0 Å². The average molecular weight is 315 g/mol. The molecular weight excluding hydrogens is 290 g/mol. The second kappa shape index (κ2) is 6.87. The zero-order valence-electron chi connectivity index (χ0n) is 12.8. The van der Waals surface area contributed by atoms with Crippen molar-refractivity contribution in [3.8, 4) is 0 Å². The molecule has 1 saturated heterocycles. The maximum Gasteiger partial charge on any atom is 0.209 e. The lowest BCUT2D eigenvalue weighted by Gasteiger charge is -2.39. The van der Waals surface area contributed by atoms with E-state index in [4.69, 9.17) is 5.14 Å². The molecule has 0 aromatic carbocycles. The first-order valence-electron chi connectivity index (χ1n) is 7.28. The molecule has 1 aliphatic heterocycles. The van der Waals surface area contributed by atoms with E-state index in [9.17, 15) is 8.42 Å². The van der Waals surface area contributed by atoms with Crippen molar-refractivity contribution in [2.75, 3.05) is 31.9 Å². The molecule has 1 atom stereocenters. The third-order valence-corrected chi connectivity index (χ3v) is 4.88. The summed E-state index contributed by atoms with van der Waals surface area (Å²) in [6.45, 7) is 6.74. The summed E-state index contributed by atoms with van der Waals surface area (Å²) in [6.07, 6.45) is 4.39. The second-order valence-corrected chi connectivity index (χ2v) is 7.53. The van der Waals surface area contributed by atoms with Crippen LogP contribution in [0.15, 0.2) is 12.4 Å². The third kappa shape index (κ3) is 5.06. The molecule has 0 amide bonds. The molecule has 1 aliphatic rings. The van der Waals surface area contributed by atoms with Gasteiger partial charge in [0.1, 0.15) is 5.82 Å². The molecular formula is C13H25N5O2S. The molecule has 8 heteroatoms. The first kappa shape index (κ1) is 16.4. The molecule has 1 fully saturated rings. The van der Waals surface area contributed by atoms with E-state index in [0.29, 0.717) is 12.5 Å². The van der Waals surface area contributed by atoms with Crippen LogP contribution in [0.4, 0.5) is 0 Å². The van der Waals surface area contributed by atoms with Gasteiger partial charge in [0.25, 0.3) is 0 Å².